The Kier molecular flexibility index (Phi) is 4.65. The summed E-state index contributed by atoms with van der Waals surface area (Å²) in [4.78, 5) is 16.2. The second kappa shape index (κ2) is 5.66. The van der Waals surface area contributed by atoms with Crippen molar-refractivity contribution in [2.45, 2.75) is 0 Å². The van der Waals surface area contributed by atoms with E-state index in [2.05, 4.69) is 26.1 Å². The summed E-state index contributed by atoms with van der Waals surface area (Å²) in [6.07, 6.45) is 1.42. The van der Waals surface area contributed by atoms with Crippen molar-refractivity contribution in [2.75, 3.05) is 34.2 Å². The molecule has 0 aliphatic rings. The van der Waals surface area contributed by atoms with Crippen LogP contribution in [0.15, 0.2) is 9.79 Å². The van der Waals surface area contributed by atoms with Crippen LogP contribution in [0.2, 0.25) is 0 Å². The number of likely N-dealkylation sites (N-methyl/N-ethyl adjacent to an activating group) is 1. The fraction of sp³-hybridized carbons (Fsp3) is 0.583. The normalized spacial score (nSPS) is 12.3. The predicted octanol–water partition coefficient (Wildman–Crippen LogP) is 0.284. The fourth-order valence-corrected chi connectivity index (χ4v) is 1.66. The molecule has 19 heavy (non-hydrogen) atoms. The third-order valence-electron chi connectivity index (χ3n) is 2.79. The molecule has 0 aliphatic heterocycles. The van der Waals surface area contributed by atoms with Crippen molar-refractivity contribution < 1.29 is 9.59 Å². The van der Waals surface area contributed by atoms with Gasteiger partial charge in [-0.15, -0.1) is 0 Å². The number of rotatable bonds is 4. The van der Waals surface area contributed by atoms with E-state index in [1.165, 1.54) is 15.3 Å². The van der Waals surface area contributed by atoms with Gasteiger partial charge < -0.3 is 9.59 Å². The van der Waals surface area contributed by atoms with Crippen LogP contribution >= 0.6 is 12.2 Å². The molecular weight excluding hydrogens is 264 g/mol. The topological polar surface area (TPSA) is 59.5 Å². The molecule has 0 saturated carbocycles. The Hall–Kier alpha value is -1.47. The van der Waals surface area contributed by atoms with Crippen LogP contribution in [0.25, 0.3) is 0 Å². The van der Waals surface area contributed by atoms with Crippen LogP contribution < -0.4 is 5.56 Å². The first-order valence-corrected chi connectivity index (χ1v) is 6.35. The molecule has 0 atom stereocenters. The zero-order valence-electron chi connectivity index (χ0n) is 12.0. The molecule has 0 fully saturated rings. The van der Waals surface area contributed by atoms with Gasteiger partial charge in [0.1, 0.15) is 5.56 Å². The van der Waals surface area contributed by atoms with Gasteiger partial charge in [0.2, 0.25) is 5.88 Å². The fourth-order valence-electron chi connectivity index (χ4n) is 1.49. The zero-order chi connectivity index (χ0) is 14.8. The lowest BCUT2D eigenvalue weighted by Gasteiger charge is -2.22. The summed E-state index contributed by atoms with van der Waals surface area (Å²) >= 11 is 5.03. The lowest BCUT2D eigenvalue weighted by molar-refractivity contribution is -0.868. The van der Waals surface area contributed by atoms with Crippen molar-refractivity contribution in [1.82, 2.24) is 9.13 Å². The van der Waals surface area contributed by atoms with E-state index in [1.54, 1.807) is 14.1 Å². The van der Waals surface area contributed by atoms with Gasteiger partial charge in [0.25, 0.3) is 5.56 Å². The van der Waals surface area contributed by atoms with E-state index in [0.717, 1.165) is 11.0 Å². The molecule has 0 radical (unpaired) electrons. The molecular formula is C12H21N4O2S+. The average molecular weight is 285 g/mol. The van der Waals surface area contributed by atoms with Crippen molar-refractivity contribution in [3.63, 3.8) is 0 Å². The molecule has 0 aliphatic carbocycles. The molecule has 0 bridgehead atoms. The first-order chi connectivity index (χ1) is 8.65. The molecule has 1 aromatic heterocycles. The Labute approximate surface area is 117 Å². The molecule has 106 valence electrons. The van der Waals surface area contributed by atoms with Gasteiger partial charge in [0.05, 0.1) is 34.2 Å². The van der Waals surface area contributed by atoms with E-state index in [1.807, 2.05) is 0 Å². The highest BCUT2D eigenvalue weighted by Crippen LogP contribution is 2.09. The molecule has 0 spiro atoms. The van der Waals surface area contributed by atoms with Crippen molar-refractivity contribution in [1.29, 1.82) is 0 Å². The van der Waals surface area contributed by atoms with Gasteiger partial charge in [-0.2, -0.15) is 0 Å². The van der Waals surface area contributed by atoms with Crippen molar-refractivity contribution >= 4 is 18.4 Å². The molecule has 6 nitrogen and oxygen atoms in total. The first kappa shape index (κ1) is 15.6. The molecule has 1 rings (SSSR count). The number of aromatic nitrogens is 2. The summed E-state index contributed by atoms with van der Waals surface area (Å²) in [6, 6.07) is 0. The third-order valence-corrected chi connectivity index (χ3v) is 3.34. The summed E-state index contributed by atoms with van der Waals surface area (Å²) in [5.41, 5.74) is -0.172. The summed E-state index contributed by atoms with van der Waals surface area (Å²) in [7, 11) is 9.39. The maximum absolute atomic E-state index is 12.0. The van der Waals surface area contributed by atoms with Gasteiger partial charge in [-0.1, -0.05) is 0 Å². The minimum absolute atomic E-state index is 0.151. The number of aliphatic imine (C=N–C) groups is 1. The van der Waals surface area contributed by atoms with E-state index >= 15 is 0 Å². The smallest absolute Gasteiger partial charge is 0.266 e. The van der Waals surface area contributed by atoms with E-state index in [-0.39, 0.29) is 21.8 Å². The molecule has 0 unspecified atom stereocenters. The molecule has 0 amide bonds. The molecule has 1 aromatic rings. The van der Waals surface area contributed by atoms with Gasteiger partial charge in [-0.25, -0.2) is 0 Å². The van der Waals surface area contributed by atoms with E-state index in [0.29, 0.717) is 6.54 Å². The van der Waals surface area contributed by atoms with Crippen LogP contribution in [0.4, 0.5) is 0 Å². The van der Waals surface area contributed by atoms with Gasteiger partial charge in [-0.05, 0) is 12.2 Å². The standard InChI is InChI=1S/C12H20N4O2S/c1-14-10(17)9(11(18)15(2)12(14)19)8-13-6-7-16(3,4)5/h8H,6-7H2,1-5H3/p+1. The second-order valence-corrected chi connectivity index (χ2v) is 5.86. The second-order valence-electron chi connectivity index (χ2n) is 5.49. The third kappa shape index (κ3) is 3.74. The van der Waals surface area contributed by atoms with Crippen molar-refractivity contribution in [2.24, 2.45) is 19.1 Å². The van der Waals surface area contributed by atoms with Crippen LogP contribution in [-0.4, -0.2) is 59.2 Å². The van der Waals surface area contributed by atoms with Gasteiger partial charge in [0.15, 0.2) is 4.77 Å². The largest absolute Gasteiger partial charge is 0.494 e. The summed E-state index contributed by atoms with van der Waals surface area (Å²) in [5.74, 6) is -0.151. The molecule has 0 aromatic carbocycles. The number of hydrogen-bond acceptors (Lipinski definition) is 4. The number of aromatic hydroxyl groups is 1. The Morgan fingerprint density at radius 2 is 1.89 bits per heavy atom. The summed E-state index contributed by atoms with van der Waals surface area (Å²) in [5, 5.41) is 9.93. The van der Waals surface area contributed by atoms with Crippen LogP contribution in [0.1, 0.15) is 5.56 Å². The van der Waals surface area contributed by atoms with E-state index in [4.69, 9.17) is 12.2 Å². The van der Waals surface area contributed by atoms with Gasteiger partial charge >= 0.3 is 0 Å². The molecule has 1 heterocycles. The molecule has 0 saturated heterocycles. The summed E-state index contributed by atoms with van der Waals surface area (Å²) in [6.45, 7) is 1.44. The maximum atomic E-state index is 12.0. The lowest BCUT2D eigenvalue weighted by Crippen LogP contribution is -2.36. The monoisotopic (exact) mass is 285 g/mol. The average Bonchev–Trinajstić information content (AvgIpc) is 2.32. The van der Waals surface area contributed by atoms with E-state index < -0.39 is 0 Å². The van der Waals surface area contributed by atoms with Crippen LogP contribution in [0, 0.1) is 4.77 Å². The minimum atomic E-state index is -0.338. The zero-order valence-corrected chi connectivity index (χ0v) is 12.9. The number of quaternary nitrogens is 1. The maximum Gasteiger partial charge on any atom is 0.266 e. The molecule has 7 heteroatoms. The molecule has 1 N–H and O–H groups in total. The van der Waals surface area contributed by atoms with Crippen LogP contribution in [-0.2, 0) is 14.1 Å². The SMILES string of the molecule is Cn1c(O)c(C=NCC[N+](C)(C)C)c(=O)n(C)c1=S. The highest BCUT2D eigenvalue weighted by Gasteiger charge is 2.11. The Morgan fingerprint density at radius 3 is 2.42 bits per heavy atom. The number of hydrogen-bond donors (Lipinski definition) is 1. The highest BCUT2D eigenvalue weighted by molar-refractivity contribution is 7.71. The Morgan fingerprint density at radius 1 is 1.32 bits per heavy atom. The van der Waals surface area contributed by atoms with Crippen LogP contribution in [0.5, 0.6) is 5.88 Å². The van der Waals surface area contributed by atoms with Gasteiger partial charge in [0, 0.05) is 20.3 Å². The predicted molar refractivity (Wildman–Crippen MR) is 78.5 cm³/mol. The number of nitrogens with zero attached hydrogens (tertiary/aromatic N) is 4. The van der Waals surface area contributed by atoms with E-state index in [9.17, 15) is 9.90 Å². The Bertz CT molecular complexity index is 608. The van der Waals surface area contributed by atoms with Gasteiger partial charge in [-0.3, -0.25) is 18.9 Å². The van der Waals surface area contributed by atoms with Crippen LogP contribution in [0.3, 0.4) is 0 Å². The highest BCUT2D eigenvalue weighted by atomic mass is 32.1. The lowest BCUT2D eigenvalue weighted by atomic mass is 10.3. The van der Waals surface area contributed by atoms with Crippen molar-refractivity contribution in [3.05, 3.63) is 20.7 Å². The minimum Gasteiger partial charge on any atom is -0.494 e. The van der Waals surface area contributed by atoms with Crippen molar-refractivity contribution in [3.8, 4) is 5.88 Å². The first-order valence-electron chi connectivity index (χ1n) is 5.94. The Balaban J connectivity index is 3.07. The summed E-state index contributed by atoms with van der Waals surface area (Å²) < 4.78 is 3.76. The quantitative estimate of drug-likeness (QED) is 0.491.